The van der Waals surface area contributed by atoms with Crippen molar-refractivity contribution in [1.29, 1.82) is 0 Å². The number of aliphatic hydroxyl groups is 1. The number of methoxy groups -OCH3 is 1. The van der Waals surface area contributed by atoms with Gasteiger partial charge in [0.1, 0.15) is 5.75 Å². The van der Waals surface area contributed by atoms with E-state index in [1.54, 1.807) is 7.11 Å². The van der Waals surface area contributed by atoms with Gasteiger partial charge in [-0.1, -0.05) is 35.9 Å². The van der Waals surface area contributed by atoms with Crippen molar-refractivity contribution in [2.75, 3.05) is 26.8 Å². The quantitative estimate of drug-likeness (QED) is 0.715. The van der Waals surface area contributed by atoms with E-state index in [1.165, 1.54) is 5.56 Å². The molecule has 3 rings (SSSR count). The summed E-state index contributed by atoms with van der Waals surface area (Å²) < 4.78 is 11.1. The van der Waals surface area contributed by atoms with Crippen LogP contribution in [0.25, 0.3) is 0 Å². The van der Waals surface area contributed by atoms with Gasteiger partial charge in [0.05, 0.1) is 25.9 Å². The normalized spacial score (nSPS) is 19.8. The molecule has 1 aliphatic rings. The van der Waals surface area contributed by atoms with Crippen molar-refractivity contribution in [2.24, 2.45) is 0 Å². The first-order chi connectivity index (χ1) is 13.1. The first-order valence-electron chi connectivity index (χ1n) is 9.50. The number of likely N-dealkylation sites (tertiary alicyclic amines) is 1. The summed E-state index contributed by atoms with van der Waals surface area (Å²) in [6.07, 6.45) is 1.67. The molecule has 27 heavy (non-hydrogen) atoms. The van der Waals surface area contributed by atoms with E-state index >= 15 is 0 Å². The van der Waals surface area contributed by atoms with E-state index in [4.69, 9.17) is 21.1 Å². The van der Waals surface area contributed by atoms with Gasteiger partial charge in [0.25, 0.3) is 0 Å². The summed E-state index contributed by atoms with van der Waals surface area (Å²) in [4.78, 5) is 2.35. The average Bonchev–Trinajstić information content (AvgIpc) is 3.14. The largest absolute Gasteiger partial charge is 0.497 e. The molecule has 1 aliphatic heterocycles. The summed E-state index contributed by atoms with van der Waals surface area (Å²) >= 11 is 5.93. The molecular formula is C22H28ClNO3. The highest BCUT2D eigenvalue weighted by Gasteiger charge is 2.27. The predicted molar refractivity (Wildman–Crippen MR) is 108 cm³/mol. The fourth-order valence-corrected chi connectivity index (χ4v) is 3.78. The molecule has 0 spiro atoms. The fourth-order valence-electron chi connectivity index (χ4n) is 3.66. The Morgan fingerprint density at radius 1 is 1.15 bits per heavy atom. The molecule has 146 valence electrons. The summed E-state index contributed by atoms with van der Waals surface area (Å²) in [5.41, 5.74) is 2.33. The summed E-state index contributed by atoms with van der Waals surface area (Å²) in [5, 5.41) is 11.2. The summed E-state index contributed by atoms with van der Waals surface area (Å²) in [7, 11) is 1.68. The molecule has 1 saturated heterocycles. The topological polar surface area (TPSA) is 41.9 Å². The molecule has 0 radical (unpaired) electrons. The standard InChI is InChI=1S/C22H28ClNO3/c1-16(17-5-9-19(23)10-6-17)27-15-20(25)14-24-13-3-4-22(24)18-7-11-21(26-2)12-8-18/h5-12,16,20,22,25H,3-4,13-15H2,1-2H3/t16-,20-,22-/m0/s1. The van der Waals surface area contributed by atoms with Gasteiger partial charge in [-0.2, -0.15) is 0 Å². The van der Waals surface area contributed by atoms with Gasteiger partial charge < -0.3 is 14.6 Å². The van der Waals surface area contributed by atoms with Crippen LogP contribution in [0.15, 0.2) is 48.5 Å². The second kappa shape index (κ2) is 9.56. The molecule has 2 aromatic rings. The molecule has 4 nitrogen and oxygen atoms in total. The van der Waals surface area contributed by atoms with Crippen molar-refractivity contribution in [2.45, 2.75) is 38.0 Å². The minimum Gasteiger partial charge on any atom is -0.497 e. The van der Waals surface area contributed by atoms with Crippen LogP contribution in [0.5, 0.6) is 5.75 Å². The third-order valence-electron chi connectivity index (χ3n) is 5.19. The van der Waals surface area contributed by atoms with Crippen LogP contribution in [0.4, 0.5) is 0 Å². The van der Waals surface area contributed by atoms with Crippen LogP contribution >= 0.6 is 11.6 Å². The van der Waals surface area contributed by atoms with Crippen LogP contribution < -0.4 is 4.74 Å². The number of rotatable bonds is 8. The van der Waals surface area contributed by atoms with Gasteiger partial charge >= 0.3 is 0 Å². The molecule has 0 bridgehead atoms. The molecule has 5 heteroatoms. The van der Waals surface area contributed by atoms with Crippen LogP contribution in [0.3, 0.4) is 0 Å². The molecule has 1 N–H and O–H groups in total. The van der Waals surface area contributed by atoms with Crippen molar-refractivity contribution in [3.8, 4) is 5.75 Å². The zero-order valence-corrected chi connectivity index (χ0v) is 16.7. The maximum absolute atomic E-state index is 10.5. The first kappa shape index (κ1) is 20.2. The zero-order valence-electron chi connectivity index (χ0n) is 16.0. The van der Waals surface area contributed by atoms with E-state index in [1.807, 2.05) is 43.3 Å². The van der Waals surface area contributed by atoms with E-state index in [0.717, 1.165) is 30.7 Å². The smallest absolute Gasteiger partial charge is 0.118 e. The lowest BCUT2D eigenvalue weighted by molar-refractivity contribution is -0.0172. The molecule has 2 aromatic carbocycles. The van der Waals surface area contributed by atoms with Crippen molar-refractivity contribution < 1.29 is 14.6 Å². The molecule has 0 unspecified atom stereocenters. The van der Waals surface area contributed by atoms with E-state index in [9.17, 15) is 5.11 Å². The van der Waals surface area contributed by atoms with Crippen LogP contribution in [-0.2, 0) is 4.74 Å². The van der Waals surface area contributed by atoms with Gasteiger partial charge in [0, 0.05) is 17.6 Å². The maximum atomic E-state index is 10.5. The third-order valence-corrected chi connectivity index (χ3v) is 5.44. The van der Waals surface area contributed by atoms with Crippen molar-refractivity contribution >= 4 is 11.6 Å². The van der Waals surface area contributed by atoms with Crippen LogP contribution in [-0.4, -0.2) is 42.9 Å². The van der Waals surface area contributed by atoms with E-state index in [2.05, 4.69) is 17.0 Å². The monoisotopic (exact) mass is 389 g/mol. The van der Waals surface area contributed by atoms with Gasteiger partial charge in [0.15, 0.2) is 0 Å². The Morgan fingerprint density at radius 3 is 2.52 bits per heavy atom. The Bertz CT molecular complexity index is 705. The van der Waals surface area contributed by atoms with Gasteiger partial charge in [0.2, 0.25) is 0 Å². The highest BCUT2D eigenvalue weighted by atomic mass is 35.5. The van der Waals surface area contributed by atoms with Crippen molar-refractivity contribution in [3.05, 3.63) is 64.7 Å². The lowest BCUT2D eigenvalue weighted by Gasteiger charge is -2.27. The number of hydrogen-bond donors (Lipinski definition) is 1. The van der Waals surface area contributed by atoms with Crippen LogP contribution in [0, 0.1) is 0 Å². The van der Waals surface area contributed by atoms with E-state index in [0.29, 0.717) is 24.2 Å². The Morgan fingerprint density at radius 2 is 1.85 bits per heavy atom. The highest BCUT2D eigenvalue weighted by Crippen LogP contribution is 2.32. The second-order valence-corrected chi connectivity index (χ2v) is 7.54. The number of aliphatic hydroxyl groups excluding tert-OH is 1. The van der Waals surface area contributed by atoms with Crippen LogP contribution in [0.2, 0.25) is 5.02 Å². The number of benzene rings is 2. The molecule has 0 amide bonds. The van der Waals surface area contributed by atoms with Gasteiger partial charge in [-0.3, -0.25) is 4.90 Å². The SMILES string of the molecule is COc1ccc([C@@H]2CCCN2C[C@H](O)CO[C@@H](C)c2ccc(Cl)cc2)cc1. The Labute approximate surface area is 166 Å². The molecule has 0 aliphatic carbocycles. The second-order valence-electron chi connectivity index (χ2n) is 7.11. The Kier molecular flexibility index (Phi) is 7.13. The van der Waals surface area contributed by atoms with Crippen molar-refractivity contribution in [3.63, 3.8) is 0 Å². The minimum atomic E-state index is -0.515. The molecule has 0 saturated carbocycles. The van der Waals surface area contributed by atoms with E-state index in [-0.39, 0.29) is 6.10 Å². The Balaban J connectivity index is 1.51. The third kappa shape index (κ3) is 5.45. The predicted octanol–water partition coefficient (Wildman–Crippen LogP) is 4.62. The number of β-amino-alcohol motifs (C(OH)–C–C–N with tert-alkyl or cyclic N) is 1. The lowest BCUT2D eigenvalue weighted by Crippen LogP contribution is -2.34. The minimum absolute atomic E-state index is 0.0760. The zero-order chi connectivity index (χ0) is 19.2. The first-order valence-corrected chi connectivity index (χ1v) is 9.87. The molecule has 0 aromatic heterocycles. The summed E-state index contributed by atoms with van der Waals surface area (Å²) in [5.74, 6) is 0.868. The van der Waals surface area contributed by atoms with Gasteiger partial charge in [-0.05, 0) is 61.7 Å². The number of halogens is 1. The van der Waals surface area contributed by atoms with E-state index < -0.39 is 6.10 Å². The van der Waals surface area contributed by atoms with Gasteiger partial charge in [-0.15, -0.1) is 0 Å². The number of nitrogens with zero attached hydrogens (tertiary/aromatic N) is 1. The summed E-state index contributed by atoms with van der Waals surface area (Å²) in [6, 6.07) is 16.2. The molecule has 1 heterocycles. The van der Waals surface area contributed by atoms with Crippen molar-refractivity contribution in [1.82, 2.24) is 4.90 Å². The number of ether oxygens (including phenoxy) is 2. The molecule has 1 fully saturated rings. The van der Waals surface area contributed by atoms with Crippen LogP contribution in [0.1, 0.15) is 43.0 Å². The molecule has 3 atom stereocenters. The van der Waals surface area contributed by atoms with Gasteiger partial charge in [-0.25, -0.2) is 0 Å². The number of hydrogen-bond acceptors (Lipinski definition) is 4. The lowest BCUT2D eigenvalue weighted by atomic mass is 10.0. The average molecular weight is 390 g/mol. The highest BCUT2D eigenvalue weighted by molar-refractivity contribution is 6.30. The fraction of sp³-hybridized carbons (Fsp3) is 0.455. The maximum Gasteiger partial charge on any atom is 0.118 e. The Hall–Kier alpha value is -1.59. The summed E-state index contributed by atoms with van der Waals surface area (Å²) in [6.45, 7) is 3.92. The molecular weight excluding hydrogens is 362 g/mol.